The molecule has 19 heavy (non-hydrogen) atoms. The minimum atomic E-state index is 0.586. The summed E-state index contributed by atoms with van der Waals surface area (Å²) >= 11 is 1.86. The fourth-order valence-electron chi connectivity index (χ4n) is 1.53. The van der Waals surface area contributed by atoms with Gasteiger partial charge in [0.2, 0.25) is 0 Å². The normalized spacial score (nSPS) is 13.2. The molecule has 106 valence electrons. The van der Waals surface area contributed by atoms with E-state index in [0.717, 1.165) is 19.0 Å². The van der Waals surface area contributed by atoms with Gasteiger partial charge in [-0.2, -0.15) is 11.8 Å². The summed E-state index contributed by atoms with van der Waals surface area (Å²) in [5, 5.41) is 7.23. The van der Waals surface area contributed by atoms with E-state index in [4.69, 9.17) is 0 Å². The van der Waals surface area contributed by atoms with Crippen LogP contribution in [0.25, 0.3) is 0 Å². The third-order valence-electron chi connectivity index (χ3n) is 2.84. The quantitative estimate of drug-likeness (QED) is 0.621. The molecule has 0 saturated heterocycles. The molecule has 0 heterocycles. The van der Waals surface area contributed by atoms with Gasteiger partial charge in [-0.25, -0.2) is 4.99 Å². The van der Waals surface area contributed by atoms with E-state index in [-0.39, 0.29) is 0 Å². The van der Waals surface area contributed by atoms with Gasteiger partial charge in [-0.3, -0.25) is 0 Å². The molecule has 0 amide bonds. The second kappa shape index (κ2) is 8.86. The molecule has 0 spiro atoms. The van der Waals surface area contributed by atoms with Crippen molar-refractivity contribution in [2.24, 2.45) is 4.99 Å². The van der Waals surface area contributed by atoms with Gasteiger partial charge in [0.1, 0.15) is 0 Å². The number of aliphatic imine (C=N–C) groups is 1. The smallest absolute Gasteiger partial charge is 0.191 e. The number of guanidine groups is 1. The van der Waals surface area contributed by atoms with Crippen LogP contribution in [0.1, 0.15) is 25.0 Å². The minimum Gasteiger partial charge on any atom is -0.357 e. The molecule has 1 aromatic carbocycles. The SMILES string of the molecule is CCNC(=NCc1ccc(C)cc1)NCC(C)SC. The van der Waals surface area contributed by atoms with Gasteiger partial charge in [0.05, 0.1) is 6.54 Å². The van der Waals surface area contributed by atoms with Crippen LogP contribution in [0, 0.1) is 6.92 Å². The number of thioether (sulfide) groups is 1. The highest BCUT2D eigenvalue weighted by molar-refractivity contribution is 7.99. The van der Waals surface area contributed by atoms with Crippen LogP contribution in [0.5, 0.6) is 0 Å². The number of aryl methyl sites for hydroxylation is 1. The highest BCUT2D eigenvalue weighted by atomic mass is 32.2. The van der Waals surface area contributed by atoms with E-state index in [1.807, 2.05) is 11.8 Å². The standard InChI is InChI=1S/C15H25N3S/c1-5-16-15(17-10-13(3)19-4)18-11-14-8-6-12(2)7-9-14/h6-9,13H,5,10-11H2,1-4H3,(H2,16,17,18). The summed E-state index contributed by atoms with van der Waals surface area (Å²) in [6.07, 6.45) is 2.13. The van der Waals surface area contributed by atoms with E-state index in [9.17, 15) is 0 Å². The van der Waals surface area contributed by atoms with Crippen LogP contribution < -0.4 is 10.6 Å². The zero-order chi connectivity index (χ0) is 14.1. The Morgan fingerprint density at radius 1 is 1.26 bits per heavy atom. The molecule has 1 atom stereocenters. The Morgan fingerprint density at radius 3 is 2.53 bits per heavy atom. The molecular formula is C15H25N3S. The lowest BCUT2D eigenvalue weighted by Gasteiger charge is -2.14. The maximum atomic E-state index is 4.60. The Bertz CT molecular complexity index is 387. The van der Waals surface area contributed by atoms with Crippen LogP contribution in [0.2, 0.25) is 0 Å². The number of hydrogen-bond acceptors (Lipinski definition) is 2. The lowest BCUT2D eigenvalue weighted by Crippen LogP contribution is -2.40. The van der Waals surface area contributed by atoms with Gasteiger partial charge in [0, 0.05) is 18.3 Å². The first-order valence-electron chi connectivity index (χ1n) is 6.76. The predicted octanol–water partition coefficient (Wildman–Crippen LogP) is 2.80. The van der Waals surface area contributed by atoms with Gasteiger partial charge in [-0.15, -0.1) is 0 Å². The first-order chi connectivity index (χ1) is 9.15. The molecule has 1 aromatic rings. The van der Waals surface area contributed by atoms with Gasteiger partial charge >= 0.3 is 0 Å². The van der Waals surface area contributed by atoms with E-state index >= 15 is 0 Å². The van der Waals surface area contributed by atoms with Gasteiger partial charge in [-0.05, 0) is 25.7 Å². The summed E-state index contributed by atoms with van der Waals surface area (Å²) in [4.78, 5) is 4.60. The van der Waals surface area contributed by atoms with Gasteiger partial charge in [-0.1, -0.05) is 36.8 Å². The molecule has 0 aromatic heterocycles. The lowest BCUT2D eigenvalue weighted by atomic mass is 10.1. The fourth-order valence-corrected chi connectivity index (χ4v) is 1.78. The first kappa shape index (κ1) is 15.9. The molecule has 0 aliphatic carbocycles. The van der Waals surface area contributed by atoms with Crippen LogP contribution in [-0.4, -0.2) is 30.6 Å². The maximum Gasteiger partial charge on any atom is 0.191 e. The van der Waals surface area contributed by atoms with Crippen molar-refractivity contribution < 1.29 is 0 Å². The molecule has 0 bridgehead atoms. The van der Waals surface area contributed by atoms with Gasteiger partial charge < -0.3 is 10.6 Å². The Kier molecular flexibility index (Phi) is 7.41. The topological polar surface area (TPSA) is 36.4 Å². The van der Waals surface area contributed by atoms with Gasteiger partial charge in [0.15, 0.2) is 5.96 Å². The zero-order valence-corrected chi connectivity index (χ0v) is 13.2. The summed E-state index contributed by atoms with van der Waals surface area (Å²) in [7, 11) is 0. The molecule has 1 rings (SSSR count). The maximum absolute atomic E-state index is 4.60. The number of benzene rings is 1. The van der Waals surface area contributed by atoms with Crippen LogP contribution >= 0.6 is 11.8 Å². The molecule has 0 aliphatic heterocycles. The molecular weight excluding hydrogens is 254 g/mol. The Labute approximate surface area is 121 Å². The molecule has 1 unspecified atom stereocenters. The van der Waals surface area contributed by atoms with E-state index < -0.39 is 0 Å². The average Bonchev–Trinajstić information content (AvgIpc) is 2.43. The van der Waals surface area contributed by atoms with Crippen molar-refractivity contribution in [3.05, 3.63) is 35.4 Å². The molecule has 0 saturated carbocycles. The Balaban J connectivity index is 2.54. The molecule has 0 radical (unpaired) electrons. The number of rotatable bonds is 6. The summed E-state index contributed by atoms with van der Waals surface area (Å²) in [6, 6.07) is 8.52. The molecule has 3 nitrogen and oxygen atoms in total. The van der Waals surface area contributed by atoms with Crippen LogP contribution in [0.15, 0.2) is 29.3 Å². The number of nitrogens with zero attached hydrogens (tertiary/aromatic N) is 1. The van der Waals surface area contributed by atoms with Crippen molar-refractivity contribution >= 4 is 17.7 Å². The second-order valence-electron chi connectivity index (χ2n) is 4.61. The van der Waals surface area contributed by atoms with E-state index in [2.05, 4.69) is 66.9 Å². The van der Waals surface area contributed by atoms with Crippen LogP contribution in [-0.2, 0) is 6.54 Å². The van der Waals surface area contributed by atoms with Crippen LogP contribution in [0.4, 0.5) is 0 Å². The highest BCUT2D eigenvalue weighted by Gasteiger charge is 2.01. The number of hydrogen-bond donors (Lipinski definition) is 2. The zero-order valence-electron chi connectivity index (χ0n) is 12.4. The minimum absolute atomic E-state index is 0.586. The van der Waals surface area contributed by atoms with Crippen molar-refractivity contribution in [3.63, 3.8) is 0 Å². The van der Waals surface area contributed by atoms with E-state index in [1.165, 1.54) is 11.1 Å². The Morgan fingerprint density at radius 2 is 1.95 bits per heavy atom. The summed E-state index contributed by atoms with van der Waals surface area (Å²) < 4.78 is 0. The van der Waals surface area contributed by atoms with Crippen molar-refractivity contribution in [3.8, 4) is 0 Å². The fraction of sp³-hybridized carbons (Fsp3) is 0.533. The first-order valence-corrected chi connectivity index (χ1v) is 8.05. The largest absolute Gasteiger partial charge is 0.357 e. The predicted molar refractivity (Wildman–Crippen MR) is 87.0 cm³/mol. The van der Waals surface area contributed by atoms with Crippen LogP contribution in [0.3, 0.4) is 0 Å². The van der Waals surface area contributed by atoms with Gasteiger partial charge in [0.25, 0.3) is 0 Å². The molecule has 0 aliphatic rings. The summed E-state index contributed by atoms with van der Waals surface area (Å²) in [5.41, 5.74) is 2.52. The molecule has 2 N–H and O–H groups in total. The molecule has 0 fully saturated rings. The Hall–Kier alpha value is -1.16. The summed E-state index contributed by atoms with van der Waals surface area (Å²) in [6.45, 7) is 8.92. The average molecular weight is 279 g/mol. The lowest BCUT2D eigenvalue weighted by molar-refractivity contribution is 0.795. The summed E-state index contributed by atoms with van der Waals surface area (Å²) in [5.74, 6) is 0.893. The van der Waals surface area contributed by atoms with Crippen molar-refractivity contribution in [2.45, 2.75) is 32.6 Å². The van der Waals surface area contributed by atoms with E-state index in [0.29, 0.717) is 11.8 Å². The van der Waals surface area contributed by atoms with Crippen molar-refractivity contribution in [1.29, 1.82) is 0 Å². The monoisotopic (exact) mass is 279 g/mol. The van der Waals surface area contributed by atoms with Crippen molar-refractivity contribution in [2.75, 3.05) is 19.3 Å². The third-order valence-corrected chi connectivity index (χ3v) is 3.82. The second-order valence-corrected chi connectivity index (χ2v) is 5.88. The van der Waals surface area contributed by atoms with E-state index in [1.54, 1.807) is 0 Å². The van der Waals surface area contributed by atoms with Crippen molar-refractivity contribution in [1.82, 2.24) is 10.6 Å². The molecule has 4 heteroatoms. The third kappa shape index (κ3) is 6.53. The highest BCUT2D eigenvalue weighted by Crippen LogP contribution is 2.05. The number of nitrogens with one attached hydrogen (secondary N) is 2.